The van der Waals surface area contributed by atoms with Crippen LogP contribution in [0.2, 0.25) is 0 Å². The molecule has 0 bridgehead atoms. The van der Waals surface area contributed by atoms with E-state index in [9.17, 15) is 9.59 Å². The minimum absolute atomic E-state index is 0.00879. The second-order valence-corrected chi connectivity index (χ2v) is 6.83. The number of urea groups is 1. The lowest BCUT2D eigenvalue weighted by Crippen LogP contribution is -2.56. The van der Waals surface area contributed by atoms with Gasteiger partial charge in [-0.05, 0) is 45.4 Å². The first-order chi connectivity index (χ1) is 10.0. The summed E-state index contributed by atoms with van der Waals surface area (Å²) in [6.45, 7) is 2.90. The van der Waals surface area contributed by atoms with Gasteiger partial charge in [-0.15, -0.1) is 0 Å². The molecular formula is C16H28N2O3. The fourth-order valence-corrected chi connectivity index (χ4v) is 3.65. The molecule has 1 unspecified atom stereocenters. The summed E-state index contributed by atoms with van der Waals surface area (Å²) >= 11 is 0. The summed E-state index contributed by atoms with van der Waals surface area (Å²) in [4.78, 5) is 25.2. The lowest BCUT2D eigenvalue weighted by molar-refractivity contribution is -0.137. The van der Waals surface area contributed by atoms with Crippen molar-refractivity contribution in [2.45, 2.75) is 82.7 Å². The summed E-state index contributed by atoms with van der Waals surface area (Å²) in [6, 6.07) is 0.0940. The van der Waals surface area contributed by atoms with Crippen LogP contribution in [0.15, 0.2) is 0 Å². The van der Waals surface area contributed by atoms with Gasteiger partial charge in [0.05, 0.1) is 0 Å². The number of carbonyl (C=O) groups excluding carboxylic acids is 1. The van der Waals surface area contributed by atoms with Gasteiger partial charge in [0.2, 0.25) is 0 Å². The van der Waals surface area contributed by atoms with E-state index in [1.807, 2.05) is 4.90 Å². The number of hydrogen-bond acceptors (Lipinski definition) is 2. The number of carboxylic acid groups (broad SMARTS) is 1. The Hall–Kier alpha value is -1.26. The first-order valence-electron chi connectivity index (χ1n) is 8.31. The summed E-state index contributed by atoms with van der Waals surface area (Å²) in [6.07, 6.45) is 9.47. The summed E-state index contributed by atoms with van der Waals surface area (Å²) in [5.41, 5.74) is -0.0792. The van der Waals surface area contributed by atoms with Crippen molar-refractivity contribution in [3.63, 3.8) is 0 Å². The van der Waals surface area contributed by atoms with Gasteiger partial charge >= 0.3 is 12.0 Å². The van der Waals surface area contributed by atoms with Crippen molar-refractivity contribution < 1.29 is 14.7 Å². The average molecular weight is 296 g/mol. The number of aliphatic carboxylic acids is 1. The molecule has 1 saturated heterocycles. The van der Waals surface area contributed by atoms with E-state index < -0.39 is 5.97 Å². The highest BCUT2D eigenvalue weighted by molar-refractivity contribution is 5.75. The summed E-state index contributed by atoms with van der Waals surface area (Å²) in [5, 5.41) is 12.1. The van der Waals surface area contributed by atoms with E-state index in [0.29, 0.717) is 6.42 Å². The quantitative estimate of drug-likeness (QED) is 0.837. The van der Waals surface area contributed by atoms with Gasteiger partial charge in [-0.3, -0.25) is 4.79 Å². The van der Waals surface area contributed by atoms with Crippen LogP contribution in [-0.2, 0) is 4.79 Å². The number of carbonyl (C=O) groups is 2. The van der Waals surface area contributed by atoms with E-state index in [4.69, 9.17) is 5.11 Å². The van der Waals surface area contributed by atoms with Gasteiger partial charge in [-0.2, -0.15) is 0 Å². The van der Waals surface area contributed by atoms with Crippen molar-refractivity contribution in [1.82, 2.24) is 10.2 Å². The van der Waals surface area contributed by atoms with E-state index in [1.54, 1.807) is 0 Å². The molecule has 21 heavy (non-hydrogen) atoms. The third kappa shape index (κ3) is 4.61. The van der Waals surface area contributed by atoms with Crippen LogP contribution in [-0.4, -0.2) is 40.1 Å². The third-order valence-electron chi connectivity index (χ3n) is 4.95. The van der Waals surface area contributed by atoms with Gasteiger partial charge in [0, 0.05) is 24.5 Å². The SMILES string of the molecule is CC1(NC(=O)N2CCCCC2CCC(=O)O)CCCCC1. The minimum atomic E-state index is -0.778. The summed E-state index contributed by atoms with van der Waals surface area (Å²) < 4.78 is 0. The average Bonchev–Trinajstić information content (AvgIpc) is 2.45. The standard InChI is InChI=1S/C16H28N2O3/c1-16(10-4-2-5-11-16)17-15(21)18-12-6-3-7-13(18)8-9-14(19)20/h13H,2-12H2,1H3,(H,17,21)(H,19,20). The highest BCUT2D eigenvalue weighted by Crippen LogP contribution is 2.29. The molecule has 2 aliphatic rings. The van der Waals surface area contributed by atoms with Gasteiger partial charge < -0.3 is 15.3 Å². The number of nitrogens with one attached hydrogen (secondary N) is 1. The predicted molar refractivity (Wildman–Crippen MR) is 81.2 cm³/mol. The molecule has 0 radical (unpaired) electrons. The molecule has 2 rings (SSSR count). The molecule has 0 aromatic rings. The largest absolute Gasteiger partial charge is 0.481 e. The number of hydrogen-bond donors (Lipinski definition) is 2. The van der Waals surface area contributed by atoms with Crippen molar-refractivity contribution in [2.24, 2.45) is 0 Å². The number of amides is 2. The fourth-order valence-electron chi connectivity index (χ4n) is 3.65. The second kappa shape index (κ2) is 7.14. The van der Waals surface area contributed by atoms with Crippen LogP contribution in [0.5, 0.6) is 0 Å². The molecule has 120 valence electrons. The molecule has 2 amide bonds. The molecule has 5 nitrogen and oxygen atoms in total. The Balaban J connectivity index is 1.92. The Bertz CT molecular complexity index is 378. The van der Waals surface area contributed by atoms with Crippen LogP contribution in [0.4, 0.5) is 4.79 Å². The van der Waals surface area contributed by atoms with Gasteiger partial charge in [0.25, 0.3) is 0 Å². The molecule has 1 atom stereocenters. The third-order valence-corrected chi connectivity index (χ3v) is 4.95. The van der Waals surface area contributed by atoms with E-state index in [1.165, 1.54) is 19.3 Å². The molecular weight excluding hydrogens is 268 g/mol. The molecule has 0 aromatic carbocycles. The highest BCUT2D eigenvalue weighted by atomic mass is 16.4. The Kier molecular flexibility index (Phi) is 5.48. The van der Waals surface area contributed by atoms with Crippen molar-refractivity contribution in [3.05, 3.63) is 0 Å². The number of piperidine rings is 1. The zero-order valence-electron chi connectivity index (χ0n) is 13.1. The number of carboxylic acids is 1. The maximum absolute atomic E-state index is 12.6. The van der Waals surface area contributed by atoms with Crippen LogP contribution in [0, 0.1) is 0 Å². The highest BCUT2D eigenvalue weighted by Gasteiger charge is 2.33. The van der Waals surface area contributed by atoms with Crippen molar-refractivity contribution in [1.29, 1.82) is 0 Å². The van der Waals surface area contributed by atoms with Gasteiger partial charge in [0.1, 0.15) is 0 Å². The zero-order chi connectivity index (χ0) is 15.3. The Morgan fingerprint density at radius 3 is 2.57 bits per heavy atom. The minimum Gasteiger partial charge on any atom is -0.481 e. The van der Waals surface area contributed by atoms with E-state index >= 15 is 0 Å². The topological polar surface area (TPSA) is 69.6 Å². The normalized spacial score (nSPS) is 25.4. The monoisotopic (exact) mass is 296 g/mol. The maximum Gasteiger partial charge on any atom is 0.318 e. The second-order valence-electron chi connectivity index (χ2n) is 6.83. The van der Waals surface area contributed by atoms with Crippen LogP contribution in [0.3, 0.4) is 0 Å². The van der Waals surface area contributed by atoms with Crippen molar-refractivity contribution >= 4 is 12.0 Å². The molecule has 1 saturated carbocycles. The molecule has 2 fully saturated rings. The molecule has 5 heteroatoms. The summed E-state index contributed by atoms with van der Waals surface area (Å²) in [7, 11) is 0. The lowest BCUT2D eigenvalue weighted by atomic mass is 9.83. The molecule has 0 aromatic heterocycles. The number of nitrogens with zero attached hydrogens (tertiary/aromatic N) is 1. The zero-order valence-corrected chi connectivity index (χ0v) is 13.1. The fraction of sp³-hybridized carbons (Fsp3) is 0.875. The van der Waals surface area contributed by atoms with Crippen LogP contribution < -0.4 is 5.32 Å². The molecule has 0 spiro atoms. The summed E-state index contributed by atoms with van der Waals surface area (Å²) in [5.74, 6) is -0.778. The first kappa shape index (κ1) is 16.1. The van der Waals surface area contributed by atoms with Crippen LogP contribution in [0.25, 0.3) is 0 Å². The van der Waals surface area contributed by atoms with Gasteiger partial charge in [0.15, 0.2) is 0 Å². The van der Waals surface area contributed by atoms with Crippen LogP contribution >= 0.6 is 0 Å². The Morgan fingerprint density at radius 1 is 1.19 bits per heavy atom. The number of rotatable bonds is 4. The molecule has 1 aliphatic heterocycles. The van der Waals surface area contributed by atoms with Gasteiger partial charge in [-0.1, -0.05) is 19.3 Å². The van der Waals surface area contributed by atoms with Crippen molar-refractivity contribution in [2.75, 3.05) is 6.54 Å². The Labute approximate surface area is 127 Å². The van der Waals surface area contributed by atoms with Crippen molar-refractivity contribution in [3.8, 4) is 0 Å². The van der Waals surface area contributed by atoms with Crippen LogP contribution in [0.1, 0.15) is 71.1 Å². The first-order valence-corrected chi connectivity index (χ1v) is 8.31. The lowest BCUT2D eigenvalue weighted by Gasteiger charge is -2.40. The smallest absolute Gasteiger partial charge is 0.318 e. The van der Waals surface area contributed by atoms with E-state index in [0.717, 1.165) is 38.6 Å². The maximum atomic E-state index is 12.6. The predicted octanol–water partition coefficient (Wildman–Crippen LogP) is 3.14. The van der Waals surface area contributed by atoms with E-state index in [-0.39, 0.29) is 24.0 Å². The van der Waals surface area contributed by atoms with E-state index in [2.05, 4.69) is 12.2 Å². The molecule has 1 aliphatic carbocycles. The molecule has 1 heterocycles. The van der Waals surface area contributed by atoms with Gasteiger partial charge in [-0.25, -0.2) is 4.79 Å². The Morgan fingerprint density at radius 2 is 1.90 bits per heavy atom. The number of likely N-dealkylation sites (tertiary alicyclic amines) is 1. The molecule has 2 N–H and O–H groups in total.